The fourth-order valence-electron chi connectivity index (χ4n) is 3.13. The van der Waals surface area contributed by atoms with Crippen LogP contribution < -0.4 is 5.32 Å². The normalized spacial score (nSPS) is 15.5. The number of nitrogens with one attached hydrogen (secondary N) is 1. The van der Waals surface area contributed by atoms with E-state index < -0.39 is 10.0 Å². The Kier molecular flexibility index (Phi) is 6.34. The molecular formula is C20H23BrN2O3S. The molecule has 1 aliphatic rings. The molecule has 1 aliphatic heterocycles. The van der Waals surface area contributed by atoms with Crippen LogP contribution in [0.3, 0.4) is 0 Å². The van der Waals surface area contributed by atoms with Crippen LogP contribution in [0.5, 0.6) is 0 Å². The van der Waals surface area contributed by atoms with Gasteiger partial charge in [-0.05, 0) is 55.2 Å². The Bertz CT molecular complexity index is 921. The van der Waals surface area contributed by atoms with Crippen LogP contribution in [0.25, 0.3) is 0 Å². The summed E-state index contributed by atoms with van der Waals surface area (Å²) in [5.74, 6) is -0.173. The van der Waals surface area contributed by atoms with Crippen LogP contribution >= 0.6 is 15.9 Å². The summed E-state index contributed by atoms with van der Waals surface area (Å²) in [5, 5.41) is 2.86. The number of halogens is 1. The number of aryl methyl sites for hydroxylation is 1. The Balaban J connectivity index is 1.76. The number of carbonyl (C=O) groups excluding carboxylic acids is 1. The van der Waals surface area contributed by atoms with Gasteiger partial charge >= 0.3 is 0 Å². The summed E-state index contributed by atoms with van der Waals surface area (Å²) in [7, 11) is -3.52. The van der Waals surface area contributed by atoms with Crippen LogP contribution in [0.2, 0.25) is 0 Å². The highest BCUT2D eigenvalue weighted by Gasteiger charge is 2.26. The Labute approximate surface area is 169 Å². The van der Waals surface area contributed by atoms with E-state index in [1.807, 2.05) is 31.2 Å². The second-order valence-electron chi connectivity index (χ2n) is 6.79. The van der Waals surface area contributed by atoms with Gasteiger partial charge in [-0.3, -0.25) is 4.79 Å². The number of nitrogens with zero attached hydrogens (tertiary/aromatic N) is 1. The summed E-state index contributed by atoms with van der Waals surface area (Å²) < 4.78 is 28.2. The van der Waals surface area contributed by atoms with Crippen molar-refractivity contribution < 1.29 is 13.2 Å². The monoisotopic (exact) mass is 450 g/mol. The molecule has 27 heavy (non-hydrogen) atoms. The van der Waals surface area contributed by atoms with Gasteiger partial charge in [-0.1, -0.05) is 40.5 Å². The van der Waals surface area contributed by atoms with Crippen LogP contribution in [0.4, 0.5) is 5.69 Å². The van der Waals surface area contributed by atoms with Crippen LogP contribution in [0.15, 0.2) is 51.8 Å². The Morgan fingerprint density at radius 3 is 2.41 bits per heavy atom. The topological polar surface area (TPSA) is 66.5 Å². The summed E-state index contributed by atoms with van der Waals surface area (Å²) >= 11 is 3.37. The number of sulfonamides is 1. The van der Waals surface area contributed by atoms with E-state index in [0.717, 1.165) is 34.9 Å². The molecule has 1 heterocycles. The third kappa shape index (κ3) is 4.97. The molecule has 1 saturated heterocycles. The summed E-state index contributed by atoms with van der Waals surface area (Å²) in [5.41, 5.74) is 2.26. The average Bonchev–Trinajstić information content (AvgIpc) is 2.66. The van der Waals surface area contributed by atoms with E-state index in [2.05, 4.69) is 21.2 Å². The number of piperidine rings is 1. The van der Waals surface area contributed by atoms with Gasteiger partial charge in [0.1, 0.15) is 0 Å². The van der Waals surface area contributed by atoms with Gasteiger partial charge in [0.2, 0.25) is 15.9 Å². The molecule has 0 bridgehead atoms. The van der Waals surface area contributed by atoms with E-state index >= 15 is 0 Å². The van der Waals surface area contributed by atoms with Gasteiger partial charge in [0, 0.05) is 23.2 Å². The van der Waals surface area contributed by atoms with Crippen molar-refractivity contribution in [1.82, 2.24) is 4.31 Å². The lowest BCUT2D eigenvalue weighted by Gasteiger charge is -2.26. The molecule has 144 valence electrons. The number of benzene rings is 2. The highest BCUT2D eigenvalue weighted by atomic mass is 79.9. The zero-order chi connectivity index (χ0) is 19.4. The molecule has 0 spiro atoms. The molecule has 2 aromatic rings. The predicted molar refractivity (Wildman–Crippen MR) is 110 cm³/mol. The van der Waals surface area contributed by atoms with E-state index in [9.17, 15) is 13.2 Å². The standard InChI is InChI=1S/C20H23BrN2O3S/c1-15-5-10-18(27(25,26)23-11-3-2-4-12-23)14-19(15)22-20(24)13-16-6-8-17(21)9-7-16/h5-10,14H,2-4,11-13H2,1H3,(H,22,24). The summed E-state index contributed by atoms with van der Waals surface area (Å²) in [6, 6.07) is 12.5. The van der Waals surface area contributed by atoms with E-state index in [0.29, 0.717) is 18.8 Å². The SMILES string of the molecule is Cc1ccc(S(=O)(=O)N2CCCCC2)cc1NC(=O)Cc1ccc(Br)cc1. The quantitative estimate of drug-likeness (QED) is 0.744. The minimum atomic E-state index is -3.52. The maximum absolute atomic E-state index is 12.9. The lowest BCUT2D eigenvalue weighted by atomic mass is 10.1. The van der Waals surface area contributed by atoms with Crippen molar-refractivity contribution in [3.05, 3.63) is 58.1 Å². The lowest BCUT2D eigenvalue weighted by molar-refractivity contribution is -0.115. The zero-order valence-corrected chi connectivity index (χ0v) is 17.6. The van der Waals surface area contributed by atoms with Crippen molar-refractivity contribution in [1.29, 1.82) is 0 Å². The molecule has 0 atom stereocenters. The first kappa shape index (κ1) is 20.0. The molecule has 0 radical (unpaired) electrons. The number of anilines is 1. The van der Waals surface area contributed by atoms with Gasteiger partial charge in [0.05, 0.1) is 11.3 Å². The Morgan fingerprint density at radius 2 is 1.74 bits per heavy atom. The van der Waals surface area contributed by atoms with Crippen LogP contribution in [-0.4, -0.2) is 31.7 Å². The van der Waals surface area contributed by atoms with Gasteiger partial charge in [-0.2, -0.15) is 4.31 Å². The molecule has 2 aromatic carbocycles. The van der Waals surface area contributed by atoms with Crippen molar-refractivity contribution >= 4 is 37.5 Å². The summed E-state index contributed by atoms with van der Waals surface area (Å²) in [4.78, 5) is 12.6. The molecule has 0 saturated carbocycles. The number of carbonyl (C=O) groups is 1. The molecule has 3 rings (SSSR count). The second kappa shape index (κ2) is 8.54. The van der Waals surface area contributed by atoms with Gasteiger partial charge in [-0.15, -0.1) is 0 Å². The molecule has 0 unspecified atom stereocenters. The molecule has 7 heteroatoms. The van der Waals surface area contributed by atoms with Gasteiger partial charge < -0.3 is 5.32 Å². The zero-order valence-electron chi connectivity index (χ0n) is 15.2. The van der Waals surface area contributed by atoms with Gasteiger partial charge in [0.25, 0.3) is 0 Å². The fraction of sp³-hybridized carbons (Fsp3) is 0.350. The molecule has 1 amide bonds. The first-order chi connectivity index (χ1) is 12.9. The van der Waals surface area contributed by atoms with Crippen LogP contribution in [0.1, 0.15) is 30.4 Å². The first-order valence-corrected chi connectivity index (χ1v) is 11.2. The molecule has 0 aromatic heterocycles. The molecule has 0 aliphatic carbocycles. The summed E-state index contributed by atoms with van der Waals surface area (Å²) in [6.45, 7) is 2.97. The third-order valence-electron chi connectivity index (χ3n) is 4.71. The largest absolute Gasteiger partial charge is 0.326 e. The van der Waals surface area contributed by atoms with E-state index in [4.69, 9.17) is 0 Å². The van der Waals surface area contributed by atoms with Crippen molar-refractivity contribution in [2.24, 2.45) is 0 Å². The molecule has 1 N–H and O–H groups in total. The Hall–Kier alpha value is -1.70. The maximum Gasteiger partial charge on any atom is 0.243 e. The number of rotatable bonds is 5. The molecule has 5 nitrogen and oxygen atoms in total. The van der Waals surface area contributed by atoms with Crippen molar-refractivity contribution in [2.75, 3.05) is 18.4 Å². The lowest BCUT2D eigenvalue weighted by Crippen LogP contribution is -2.35. The predicted octanol–water partition coefficient (Wildman–Crippen LogP) is 4.11. The first-order valence-electron chi connectivity index (χ1n) is 9.01. The van der Waals surface area contributed by atoms with E-state index in [1.165, 1.54) is 4.31 Å². The molecular weight excluding hydrogens is 428 g/mol. The van der Waals surface area contributed by atoms with E-state index in [1.54, 1.807) is 18.2 Å². The maximum atomic E-state index is 12.9. The number of hydrogen-bond donors (Lipinski definition) is 1. The van der Waals surface area contributed by atoms with Gasteiger partial charge in [0.15, 0.2) is 0 Å². The van der Waals surface area contributed by atoms with Crippen molar-refractivity contribution in [3.63, 3.8) is 0 Å². The average molecular weight is 451 g/mol. The third-order valence-corrected chi connectivity index (χ3v) is 7.14. The highest BCUT2D eigenvalue weighted by molar-refractivity contribution is 9.10. The van der Waals surface area contributed by atoms with Crippen molar-refractivity contribution in [3.8, 4) is 0 Å². The van der Waals surface area contributed by atoms with Crippen molar-refractivity contribution in [2.45, 2.75) is 37.5 Å². The fourth-order valence-corrected chi connectivity index (χ4v) is 4.94. The minimum absolute atomic E-state index is 0.173. The number of hydrogen-bond acceptors (Lipinski definition) is 3. The van der Waals surface area contributed by atoms with Crippen LogP contribution in [0, 0.1) is 6.92 Å². The Morgan fingerprint density at radius 1 is 1.07 bits per heavy atom. The summed E-state index contributed by atoms with van der Waals surface area (Å²) in [6.07, 6.45) is 3.08. The smallest absolute Gasteiger partial charge is 0.243 e. The van der Waals surface area contributed by atoms with Gasteiger partial charge in [-0.25, -0.2) is 8.42 Å². The van der Waals surface area contributed by atoms with E-state index in [-0.39, 0.29) is 17.2 Å². The van der Waals surface area contributed by atoms with Crippen LogP contribution in [-0.2, 0) is 21.2 Å². The minimum Gasteiger partial charge on any atom is -0.326 e. The number of amides is 1. The molecule has 1 fully saturated rings. The highest BCUT2D eigenvalue weighted by Crippen LogP contribution is 2.25. The second-order valence-corrected chi connectivity index (χ2v) is 9.65.